The van der Waals surface area contributed by atoms with Crippen molar-refractivity contribution in [3.05, 3.63) is 71.1 Å². The molecule has 0 fully saturated rings. The van der Waals surface area contributed by atoms with E-state index in [9.17, 15) is 9.59 Å². The number of benzene rings is 2. The maximum atomic E-state index is 12.8. The Labute approximate surface area is 218 Å². The number of esters is 1. The van der Waals surface area contributed by atoms with Gasteiger partial charge in [0.2, 0.25) is 5.91 Å². The highest BCUT2D eigenvalue weighted by molar-refractivity contribution is 7.99. The van der Waals surface area contributed by atoms with Gasteiger partial charge in [0, 0.05) is 23.6 Å². The van der Waals surface area contributed by atoms with E-state index in [-0.39, 0.29) is 18.3 Å². The fourth-order valence-corrected chi connectivity index (χ4v) is 5.37. The molecule has 1 amide bonds. The van der Waals surface area contributed by atoms with E-state index in [1.807, 2.05) is 59.5 Å². The maximum absolute atomic E-state index is 12.8. The molecule has 36 heavy (non-hydrogen) atoms. The van der Waals surface area contributed by atoms with E-state index in [1.165, 1.54) is 28.7 Å². The number of nitrogens with zero attached hydrogens (tertiary/aromatic N) is 3. The van der Waals surface area contributed by atoms with Gasteiger partial charge in [0.25, 0.3) is 0 Å². The summed E-state index contributed by atoms with van der Waals surface area (Å²) in [7, 11) is 1.89. The normalized spacial score (nSPS) is 11.0. The molecule has 0 bridgehead atoms. The van der Waals surface area contributed by atoms with Crippen LogP contribution in [0.3, 0.4) is 0 Å². The van der Waals surface area contributed by atoms with Gasteiger partial charge in [-0.2, -0.15) is 0 Å². The lowest BCUT2D eigenvalue weighted by atomic mass is 10.0. The zero-order valence-corrected chi connectivity index (χ0v) is 22.3. The van der Waals surface area contributed by atoms with Crippen molar-refractivity contribution in [2.24, 2.45) is 7.05 Å². The number of hydrogen-bond donors (Lipinski definition) is 1. The van der Waals surface area contributed by atoms with Gasteiger partial charge in [-0.05, 0) is 24.0 Å². The summed E-state index contributed by atoms with van der Waals surface area (Å²) >= 11 is 2.60. The first kappa shape index (κ1) is 25.7. The van der Waals surface area contributed by atoms with E-state index in [0.29, 0.717) is 21.6 Å². The van der Waals surface area contributed by atoms with Crippen LogP contribution < -0.4 is 5.32 Å². The van der Waals surface area contributed by atoms with Crippen molar-refractivity contribution in [3.63, 3.8) is 0 Å². The molecule has 2 heterocycles. The third kappa shape index (κ3) is 5.68. The summed E-state index contributed by atoms with van der Waals surface area (Å²) < 4.78 is 7.15. The molecule has 2 aromatic carbocycles. The lowest BCUT2D eigenvalue weighted by molar-refractivity contribution is -0.113. The molecular formula is C27H28N4O3S2. The fourth-order valence-electron chi connectivity index (χ4n) is 3.69. The van der Waals surface area contributed by atoms with Crippen molar-refractivity contribution < 1.29 is 14.3 Å². The Morgan fingerprint density at radius 2 is 1.78 bits per heavy atom. The zero-order valence-electron chi connectivity index (χ0n) is 20.6. The molecule has 4 aromatic rings. The van der Waals surface area contributed by atoms with Gasteiger partial charge in [-0.3, -0.25) is 4.79 Å². The van der Waals surface area contributed by atoms with Gasteiger partial charge >= 0.3 is 5.97 Å². The predicted octanol–water partition coefficient (Wildman–Crippen LogP) is 6.24. The van der Waals surface area contributed by atoms with Crippen molar-refractivity contribution in [3.8, 4) is 22.5 Å². The largest absolute Gasteiger partial charge is 0.462 e. The number of thioether (sulfide) groups is 1. The number of thiophene rings is 1. The van der Waals surface area contributed by atoms with Crippen LogP contribution in [0.4, 0.5) is 5.00 Å². The smallest absolute Gasteiger partial charge is 0.341 e. The maximum Gasteiger partial charge on any atom is 0.341 e. The number of amides is 1. The number of nitrogens with one attached hydrogen (secondary N) is 1. The average Bonchev–Trinajstić information content (AvgIpc) is 3.46. The number of hydrogen-bond acceptors (Lipinski definition) is 7. The second-order valence-corrected chi connectivity index (χ2v) is 10.2. The first-order valence-electron chi connectivity index (χ1n) is 11.7. The van der Waals surface area contributed by atoms with Gasteiger partial charge in [0.15, 0.2) is 11.0 Å². The molecule has 0 aliphatic heterocycles. The van der Waals surface area contributed by atoms with Crippen molar-refractivity contribution in [2.45, 2.75) is 31.8 Å². The SMILES string of the molecule is CCOC(=O)c1c(-c2ccccc2)csc1NC(=O)CSc1nnc(-c2ccc(C(C)C)cc2)n1C. The van der Waals surface area contributed by atoms with E-state index in [0.717, 1.165) is 22.5 Å². The number of anilines is 1. The zero-order chi connectivity index (χ0) is 25.7. The average molecular weight is 521 g/mol. The standard InChI is InChI=1S/C27H28N4O3S2/c1-5-34-26(33)23-21(19-9-7-6-8-10-19)15-35-25(23)28-22(32)16-36-27-30-29-24(31(27)4)20-13-11-18(12-14-20)17(2)3/h6-15,17H,5,16H2,1-4H3,(H,28,32). The summed E-state index contributed by atoms with van der Waals surface area (Å²) in [5.41, 5.74) is 4.23. The highest BCUT2D eigenvalue weighted by Crippen LogP contribution is 2.36. The van der Waals surface area contributed by atoms with E-state index in [1.54, 1.807) is 6.92 Å². The minimum Gasteiger partial charge on any atom is -0.462 e. The van der Waals surface area contributed by atoms with E-state index >= 15 is 0 Å². The summed E-state index contributed by atoms with van der Waals surface area (Å²) in [5, 5.41) is 14.4. The summed E-state index contributed by atoms with van der Waals surface area (Å²) in [6.45, 7) is 6.33. The van der Waals surface area contributed by atoms with Crippen LogP contribution in [-0.2, 0) is 16.6 Å². The van der Waals surface area contributed by atoms with Crippen LogP contribution in [0.5, 0.6) is 0 Å². The molecule has 0 aliphatic rings. The number of carbonyl (C=O) groups excluding carboxylic acids is 2. The van der Waals surface area contributed by atoms with Gasteiger partial charge in [-0.15, -0.1) is 21.5 Å². The van der Waals surface area contributed by atoms with Crippen LogP contribution in [0.2, 0.25) is 0 Å². The Morgan fingerprint density at radius 3 is 2.44 bits per heavy atom. The molecule has 2 aromatic heterocycles. The molecule has 1 N–H and O–H groups in total. The van der Waals surface area contributed by atoms with Gasteiger partial charge in [0.05, 0.1) is 12.4 Å². The monoisotopic (exact) mass is 520 g/mol. The first-order valence-corrected chi connectivity index (χ1v) is 13.5. The fraction of sp³-hybridized carbons (Fsp3) is 0.259. The quantitative estimate of drug-likeness (QED) is 0.208. The highest BCUT2D eigenvalue weighted by atomic mass is 32.2. The Hall–Kier alpha value is -3.43. The lowest BCUT2D eigenvalue weighted by Crippen LogP contribution is -2.16. The van der Waals surface area contributed by atoms with E-state index < -0.39 is 5.97 Å². The summed E-state index contributed by atoms with van der Waals surface area (Å²) in [4.78, 5) is 25.5. The number of rotatable bonds is 9. The first-order chi connectivity index (χ1) is 17.4. The molecule has 186 valence electrons. The van der Waals surface area contributed by atoms with Gasteiger partial charge in [-0.1, -0.05) is 80.2 Å². The molecule has 4 rings (SSSR count). The molecule has 7 nitrogen and oxygen atoms in total. The minimum absolute atomic E-state index is 0.124. The molecular weight excluding hydrogens is 492 g/mol. The highest BCUT2D eigenvalue weighted by Gasteiger charge is 2.23. The predicted molar refractivity (Wildman–Crippen MR) is 146 cm³/mol. The topological polar surface area (TPSA) is 86.1 Å². The third-order valence-electron chi connectivity index (χ3n) is 5.61. The Balaban J connectivity index is 1.46. The molecule has 0 atom stereocenters. The summed E-state index contributed by atoms with van der Waals surface area (Å²) in [5.74, 6) is 0.627. The number of ether oxygens (including phenoxy) is 1. The molecule has 0 saturated carbocycles. The summed E-state index contributed by atoms with van der Waals surface area (Å²) in [6, 6.07) is 17.9. The molecule has 9 heteroatoms. The second-order valence-electron chi connectivity index (χ2n) is 8.42. The van der Waals surface area contributed by atoms with Gasteiger partial charge in [0.1, 0.15) is 10.6 Å². The van der Waals surface area contributed by atoms with Crippen molar-refractivity contribution >= 4 is 40.0 Å². The van der Waals surface area contributed by atoms with Crippen molar-refractivity contribution in [1.29, 1.82) is 0 Å². The Bertz CT molecular complexity index is 1350. The van der Waals surface area contributed by atoms with Crippen LogP contribution in [0.15, 0.2) is 65.1 Å². The van der Waals surface area contributed by atoms with Gasteiger partial charge in [-0.25, -0.2) is 4.79 Å². The Morgan fingerprint density at radius 1 is 1.06 bits per heavy atom. The second kappa shape index (κ2) is 11.5. The van der Waals surface area contributed by atoms with Gasteiger partial charge < -0.3 is 14.6 Å². The minimum atomic E-state index is -0.456. The van der Waals surface area contributed by atoms with Crippen LogP contribution in [0.25, 0.3) is 22.5 Å². The molecule has 0 saturated heterocycles. The molecule has 0 aliphatic carbocycles. The third-order valence-corrected chi connectivity index (χ3v) is 7.53. The molecule has 0 spiro atoms. The van der Waals surface area contributed by atoms with Crippen molar-refractivity contribution in [2.75, 3.05) is 17.7 Å². The van der Waals surface area contributed by atoms with E-state index in [2.05, 4.69) is 41.5 Å². The van der Waals surface area contributed by atoms with Crippen LogP contribution in [-0.4, -0.2) is 39.0 Å². The number of carbonyl (C=O) groups is 2. The van der Waals surface area contributed by atoms with Crippen LogP contribution in [0.1, 0.15) is 42.6 Å². The van der Waals surface area contributed by atoms with E-state index in [4.69, 9.17) is 4.74 Å². The van der Waals surface area contributed by atoms with Crippen molar-refractivity contribution in [1.82, 2.24) is 14.8 Å². The van der Waals surface area contributed by atoms with Crippen LogP contribution >= 0.6 is 23.1 Å². The number of aromatic nitrogens is 3. The Kier molecular flexibility index (Phi) is 8.22. The molecule has 0 radical (unpaired) electrons. The summed E-state index contributed by atoms with van der Waals surface area (Å²) in [6.07, 6.45) is 0. The lowest BCUT2D eigenvalue weighted by Gasteiger charge is -2.09. The van der Waals surface area contributed by atoms with Crippen LogP contribution in [0, 0.1) is 0 Å². The molecule has 0 unspecified atom stereocenters.